The number of hydrogen-bond donors (Lipinski definition) is 3. The lowest BCUT2D eigenvalue weighted by Gasteiger charge is -2.29. The number of piperidine rings is 1. The molecular weight excluding hydrogens is 220 g/mol. The van der Waals surface area contributed by atoms with Gasteiger partial charge in [0, 0.05) is 13.7 Å². The first kappa shape index (κ1) is 14.4. The fraction of sp³-hybridized carbons (Fsp3) is 0.917. The largest absolute Gasteiger partial charge is 0.391 e. The Morgan fingerprint density at radius 1 is 1.65 bits per heavy atom. The standard InChI is InChI=1S/C12H24N2O3/c1-9-4-3-6-13-11(9)12(16)14-7-5-10(15)8-17-2/h9-11,13,15H,3-8H2,1-2H3,(H,14,16). The van der Waals surface area contributed by atoms with Gasteiger partial charge in [-0.15, -0.1) is 0 Å². The Bertz CT molecular complexity index is 236. The Balaban J connectivity index is 2.19. The Morgan fingerprint density at radius 3 is 3.06 bits per heavy atom. The highest BCUT2D eigenvalue weighted by Crippen LogP contribution is 2.15. The minimum absolute atomic E-state index is 0.0433. The van der Waals surface area contributed by atoms with E-state index in [1.54, 1.807) is 7.11 Å². The third-order valence-corrected chi connectivity index (χ3v) is 3.19. The van der Waals surface area contributed by atoms with Crippen molar-refractivity contribution in [2.24, 2.45) is 5.92 Å². The summed E-state index contributed by atoms with van der Waals surface area (Å²) in [6, 6.07) is -0.0803. The van der Waals surface area contributed by atoms with Crippen LogP contribution in [0.2, 0.25) is 0 Å². The van der Waals surface area contributed by atoms with E-state index in [9.17, 15) is 9.90 Å². The van der Waals surface area contributed by atoms with Crippen molar-refractivity contribution in [2.75, 3.05) is 26.8 Å². The summed E-state index contributed by atoms with van der Waals surface area (Å²) in [5.74, 6) is 0.425. The zero-order valence-electron chi connectivity index (χ0n) is 10.7. The number of aliphatic hydroxyl groups is 1. The van der Waals surface area contributed by atoms with Crippen molar-refractivity contribution in [3.8, 4) is 0 Å². The van der Waals surface area contributed by atoms with Crippen LogP contribution in [0, 0.1) is 5.92 Å². The summed E-state index contributed by atoms with van der Waals surface area (Å²) in [4.78, 5) is 11.9. The second-order valence-electron chi connectivity index (χ2n) is 4.74. The molecule has 0 aromatic rings. The van der Waals surface area contributed by atoms with E-state index in [2.05, 4.69) is 17.6 Å². The minimum atomic E-state index is -0.503. The minimum Gasteiger partial charge on any atom is -0.391 e. The molecule has 0 aliphatic carbocycles. The predicted octanol–water partition coefficient (Wildman–Crippen LogP) is -0.112. The molecule has 5 nitrogen and oxygen atoms in total. The zero-order valence-corrected chi connectivity index (χ0v) is 10.7. The van der Waals surface area contributed by atoms with Gasteiger partial charge in [-0.25, -0.2) is 0 Å². The highest BCUT2D eigenvalue weighted by atomic mass is 16.5. The summed E-state index contributed by atoms with van der Waals surface area (Å²) >= 11 is 0. The van der Waals surface area contributed by atoms with Crippen LogP contribution in [0.1, 0.15) is 26.2 Å². The molecule has 100 valence electrons. The van der Waals surface area contributed by atoms with Crippen molar-refractivity contribution in [1.82, 2.24) is 10.6 Å². The number of amides is 1. The van der Waals surface area contributed by atoms with E-state index < -0.39 is 6.10 Å². The molecular formula is C12H24N2O3. The third-order valence-electron chi connectivity index (χ3n) is 3.19. The fourth-order valence-electron chi connectivity index (χ4n) is 2.15. The molecule has 0 bridgehead atoms. The summed E-state index contributed by atoms with van der Waals surface area (Å²) in [6.45, 7) is 3.81. The van der Waals surface area contributed by atoms with E-state index >= 15 is 0 Å². The first-order valence-corrected chi connectivity index (χ1v) is 6.33. The summed E-state index contributed by atoms with van der Waals surface area (Å²) in [5.41, 5.74) is 0. The Morgan fingerprint density at radius 2 is 2.41 bits per heavy atom. The average molecular weight is 244 g/mol. The van der Waals surface area contributed by atoms with Crippen LogP contribution in [0.5, 0.6) is 0 Å². The van der Waals surface area contributed by atoms with Crippen LogP contribution < -0.4 is 10.6 Å². The molecule has 1 fully saturated rings. The van der Waals surface area contributed by atoms with Crippen LogP contribution in [-0.2, 0) is 9.53 Å². The van der Waals surface area contributed by atoms with E-state index in [0.29, 0.717) is 25.5 Å². The van der Waals surface area contributed by atoms with Crippen molar-refractivity contribution in [3.63, 3.8) is 0 Å². The molecule has 3 N–H and O–H groups in total. The quantitative estimate of drug-likeness (QED) is 0.609. The molecule has 0 spiro atoms. The van der Waals surface area contributed by atoms with Crippen molar-refractivity contribution < 1.29 is 14.6 Å². The molecule has 17 heavy (non-hydrogen) atoms. The monoisotopic (exact) mass is 244 g/mol. The van der Waals surface area contributed by atoms with E-state index in [0.717, 1.165) is 19.4 Å². The molecule has 0 aromatic heterocycles. The van der Waals surface area contributed by atoms with Gasteiger partial charge in [-0.1, -0.05) is 6.92 Å². The maximum absolute atomic E-state index is 11.9. The van der Waals surface area contributed by atoms with Gasteiger partial charge in [0.25, 0.3) is 0 Å². The molecule has 0 saturated carbocycles. The Hall–Kier alpha value is -0.650. The molecule has 1 saturated heterocycles. The number of carbonyl (C=O) groups is 1. The van der Waals surface area contributed by atoms with Crippen molar-refractivity contribution in [1.29, 1.82) is 0 Å². The van der Waals surface area contributed by atoms with E-state index in [-0.39, 0.29) is 11.9 Å². The molecule has 0 radical (unpaired) electrons. The van der Waals surface area contributed by atoms with Gasteiger partial charge >= 0.3 is 0 Å². The number of aliphatic hydroxyl groups excluding tert-OH is 1. The third kappa shape index (κ3) is 5.02. The number of hydrogen-bond acceptors (Lipinski definition) is 4. The van der Waals surface area contributed by atoms with Crippen LogP contribution in [0.25, 0.3) is 0 Å². The van der Waals surface area contributed by atoms with Crippen molar-refractivity contribution in [2.45, 2.75) is 38.3 Å². The SMILES string of the molecule is COCC(O)CCNC(=O)C1NCCCC1C. The molecule has 1 heterocycles. The number of carbonyl (C=O) groups excluding carboxylic acids is 1. The second kappa shape index (κ2) is 7.63. The normalized spacial score (nSPS) is 26.5. The van der Waals surface area contributed by atoms with Gasteiger partial charge in [0.1, 0.15) is 0 Å². The van der Waals surface area contributed by atoms with E-state index in [1.807, 2.05) is 0 Å². The summed E-state index contributed by atoms with van der Waals surface area (Å²) in [6.07, 6.45) is 2.26. The molecule has 5 heteroatoms. The Labute approximate surface area is 103 Å². The van der Waals surface area contributed by atoms with Crippen molar-refractivity contribution in [3.05, 3.63) is 0 Å². The molecule has 1 aliphatic heterocycles. The zero-order chi connectivity index (χ0) is 12.7. The van der Waals surface area contributed by atoms with Gasteiger partial charge in [0.05, 0.1) is 18.8 Å². The van der Waals surface area contributed by atoms with Crippen LogP contribution in [0.15, 0.2) is 0 Å². The van der Waals surface area contributed by atoms with Crippen LogP contribution in [-0.4, -0.2) is 50.0 Å². The van der Waals surface area contributed by atoms with Gasteiger partial charge in [0.15, 0.2) is 0 Å². The molecule has 1 rings (SSSR count). The number of methoxy groups -OCH3 is 1. The maximum atomic E-state index is 11.9. The first-order valence-electron chi connectivity index (χ1n) is 6.33. The summed E-state index contributed by atoms with van der Waals surface area (Å²) in [7, 11) is 1.55. The molecule has 0 aromatic carbocycles. The summed E-state index contributed by atoms with van der Waals surface area (Å²) in [5, 5.41) is 15.5. The van der Waals surface area contributed by atoms with Gasteiger partial charge in [-0.2, -0.15) is 0 Å². The number of rotatable bonds is 6. The average Bonchev–Trinajstić information content (AvgIpc) is 2.29. The van der Waals surface area contributed by atoms with Crippen molar-refractivity contribution >= 4 is 5.91 Å². The van der Waals surface area contributed by atoms with Gasteiger partial charge < -0.3 is 20.5 Å². The lowest BCUT2D eigenvalue weighted by Crippen LogP contribution is -2.51. The van der Waals surface area contributed by atoms with Gasteiger partial charge in [0.2, 0.25) is 5.91 Å². The second-order valence-corrected chi connectivity index (χ2v) is 4.74. The first-order chi connectivity index (χ1) is 8.15. The Kier molecular flexibility index (Phi) is 6.47. The van der Waals surface area contributed by atoms with Gasteiger partial charge in [-0.05, 0) is 31.7 Å². The summed E-state index contributed by atoms with van der Waals surface area (Å²) < 4.78 is 4.82. The van der Waals surface area contributed by atoms with E-state index in [4.69, 9.17) is 4.74 Å². The number of ether oxygens (including phenoxy) is 1. The molecule has 3 atom stereocenters. The lowest BCUT2D eigenvalue weighted by molar-refractivity contribution is -0.124. The fourth-order valence-corrected chi connectivity index (χ4v) is 2.15. The maximum Gasteiger partial charge on any atom is 0.237 e. The van der Waals surface area contributed by atoms with Crippen LogP contribution >= 0.6 is 0 Å². The molecule has 3 unspecified atom stereocenters. The van der Waals surface area contributed by atoms with Crippen LogP contribution in [0.4, 0.5) is 0 Å². The van der Waals surface area contributed by atoms with Crippen LogP contribution in [0.3, 0.4) is 0 Å². The topological polar surface area (TPSA) is 70.6 Å². The molecule has 1 aliphatic rings. The highest BCUT2D eigenvalue weighted by Gasteiger charge is 2.26. The lowest BCUT2D eigenvalue weighted by atomic mass is 9.92. The predicted molar refractivity (Wildman–Crippen MR) is 65.7 cm³/mol. The van der Waals surface area contributed by atoms with Gasteiger partial charge in [-0.3, -0.25) is 4.79 Å². The smallest absolute Gasteiger partial charge is 0.237 e. The highest BCUT2D eigenvalue weighted by molar-refractivity contribution is 5.82. The molecule has 1 amide bonds. The van der Waals surface area contributed by atoms with E-state index in [1.165, 1.54) is 0 Å². The number of nitrogens with one attached hydrogen (secondary N) is 2.